The Morgan fingerprint density at radius 1 is 1.19 bits per heavy atom. The lowest BCUT2D eigenvalue weighted by molar-refractivity contribution is -0.139. The van der Waals surface area contributed by atoms with E-state index in [0.717, 1.165) is 87.5 Å². The van der Waals surface area contributed by atoms with Gasteiger partial charge in [-0.25, -0.2) is 9.78 Å². The number of hydrogen-bond donors (Lipinski definition) is 3. The van der Waals surface area contributed by atoms with E-state index in [1.54, 1.807) is 0 Å². The maximum atomic E-state index is 12.7. The maximum Gasteiger partial charge on any atom is 0.416 e. The van der Waals surface area contributed by atoms with Crippen molar-refractivity contribution in [2.75, 3.05) is 31.5 Å². The second-order valence-electron chi connectivity index (χ2n) is 9.56. The molecular weight excluding hydrogens is 473 g/mol. The van der Waals surface area contributed by atoms with E-state index >= 15 is 0 Å². The lowest BCUT2D eigenvalue weighted by atomic mass is 10.00. The van der Waals surface area contributed by atoms with Gasteiger partial charge in [-0.15, -0.1) is 0 Å². The molecule has 1 aromatic heterocycles. The number of rotatable bonds is 9. The molecule has 1 saturated heterocycles. The molecule has 2 atom stereocenters. The van der Waals surface area contributed by atoms with Gasteiger partial charge >= 0.3 is 12.1 Å². The number of aliphatic carboxylic acids is 1. The molecule has 0 aliphatic carbocycles. The number of aryl methyl sites for hydroxylation is 2. The van der Waals surface area contributed by atoms with Crippen molar-refractivity contribution in [3.8, 4) is 0 Å². The number of carboxylic acid groups (broad SMARTS) is 1. The van der Waals surface area contributed by atoms with Gasteiger partial charge in [0.25, 0.3) is 5.91 Å². The number of fused-ring (bicyclic) bond motifs is 1. The van der Waals surface area contributed by atoms with E-state index in [0.29, 0.717) is 12.5 Å². The quantitative estimate of drug-likeness (QED) is 0.478. The van der Waals surface area contributed by atoms with Crippen LogP contribution in [0.15, 0.2) is 36.4 Å². The van der Waals surface area contributed by atoms with Crippen LogP contribution in [0, 0.1) is 5.92 Å². The number of halogens is 3. The van der Waals surface area contributed by atoms with Gasteiger partial charge in [-0.3, -0.25) is 4.79 Å². The first-order valence-corrected chi connectivity index (χ1v) is 12.3. The van der Waals surface area contributed by atoms with Crippen LogP contribution in [0.3, 0.4) is 0 Å². The zero-order chi connectivity index (χ0) is 25.7. The van der Waals surface area contributed by atoms with Crippen LogP contribution in [-0.4, -0.2) is 59.1 Å². The molecule has 3 heterocycles. The number of carboxylic acids is 1. The molecule has 0 radical (unpaired) electrons. The summed E-state index contributed by atoms with van der Waals surface area (Å²) in [6.45, 7) is 3.20. The molecule has 4 rings (SSSR count). The summed E-state index contributed by atoms with van der Waals surface area (Å²) in [4.78, 5) is 31.0. The number of likely N-dealkylation sites (tertiary alicyclic amines) is 1. The summed E-state index contributed by atoms with van der Waals surface area (Å²) in [5.41, 5.74) is 1.48. The molecule has 2 aliphatic rings. The summed E-state index contributed by atoms with van der Waals surface area (Å²) in [7, 11) is 0. The van der Waals surface area contributed by atoms with Crippen molar-refractivity contribution in [2.45, 2.75) is 50.7 Å². The second-order valence-corrected chi connectivity index (χ2v) is 9.56. The van der Waals surface area contributed by atoms with Crippen molar-refractivity contribution in [1.29, 1.82) is 0 Å². The standard InChI is InChI=1S/C26H31F3N4O3/c27-26(28,29)20-7-4-19(5-8-20)24(34)32-22(25(35)36)12-15-33-14-11-17(16-33)3-9-21-10-6-18-2-1-13-30-23(18)31-21/h4-8,10,17,22H,1-3,9,11-16H2,(H,30,31)(H,32,34)(H,35,36)/t17-,22?/m1/s1. The molecule has 1 unspecified atom stereocenters. The summed E-state index contributed by atoms with van der Waals surface area (Å²) in [6.07, 6.45) is 0.845. The van der Waals surface area contributed by atoms with Crippen LogP contribution in [0.5, 0.6) is 0 Å². The number of nitrogens with one attached hydrogen (secondary N) is 2. The smallest absolute Gasteiger partial charge is 0.416 e. The summed E-state index contributed by atoms with van der Waals surface area (Å²) in [6, 6.07) is 6.87. The number of carbonyl (C=O) groups excluding carboxylic acids is 1. The number of amides is 1. The number of nitrogens with zero attached hydrogens (tertiary/aromatic N) is 2. The molecule has 10 heteroatoms. The van der Waals surface area contributed by atoms with E-state index < -0.39 is 29.7 Å². The minimum atomic E-state index is -4.50. The highest BCUT2D eigenvalue weighted by Crippen LogP contribution is 2.29. The maximum absolute atomic E-state index is 12.7. The Bertz CT molecular complexity index is 1080. The summed E-state index contributed by atoms with van der Waals surface area (Å²) in [5.74, 6) is -0.369. The summed E-state index contributed by atoms with van der Waals surface area (Å²) in [5, 5.41) is 15.3. The molecule has 194 valence electrons. The molecular formula is C26H31F3N4O3. The fraction of sp³-hybridized carbons (Fsp3) is 0.500. The number of alkyl halides is 3. The number of hydrogen-bond acceptors (Lipinski definition) is 5. The van der Waals surface area contributed by atoms with Crippen LogP contribution >= 0.6 is 0 Å². The normalized spacial score (nSPS) is 18.8. The number of carbonyl (C=O) groups is 2. The SMILES string of the molecule is O=C(NC(CCN1CC[C@@H](CCc2ccc3c(n2)NCCC3)C1)C(=O)O)c1ccc(C(F)(F)F)cc1. The van der Waals surface area contributed by atoms with Crippen molar-refractivity contribution in [2.24, 2.45) is 5.92 Å². The predicted molar refractivity (Wildman–Crippen MR) is 129 cm³/mol. The zero-order valence-electron chi connectivity index (χ0n) is 20.0. The molecule has 2 aliphatic heterocycles. The van der Waals surface area contributed by atoms with E-state index in [2.05, 4.69) is 27.7 Å². The second kappa shape index (κ2) is 11.3. The zero-order valence-corrected chi connectivity index (χ0v) is 20.0. The van der Waals surface area contributed by atoms with Gasteiger partial charge in [-0.2, -0.15) is 13.2 Å². The van der Waals surface area contributed by atoms with Gasteiger partial charge in [0.05, 0.1) is 5.56 Å². The van der Waals surface area contributed by atoms with Gasteiger partial charge < -0.3 is 20.6 Å². The highest BCUT2D eigenvalue weighted by Gasteiger charge is 2.31. The molecule has 2 aromatic rings. The average Bonchev–Trinajstić information content (AvgIpc) is 3.32. The van der Waals surface area contributed by atoms with Crippen LogP contribution < -0.4 is 10.6 Å². The molecule has 1 aromatic carbocycles. The fourth-order valence-corrected chi connectivity index (χ4v) is 4.83. The van der Waals surface area contributed by atoms with Gasteiger partial charge in [-0.1, -0.05) is 6.07 Å². The minimum absolute atomic E-state index is 0.0125. The Morgan fingerprint density at radius 3 is 2.69 bits per heavy atom. The number of pyridine rings is 1. The average molecular weight is 505 g/mol. The highest BCUT2D eigenvalue weighted by molar-refractivity contribution is 5.96. The van der Waals surface area contributed by atoms with Crippen LogP contribution in [0.2, 0.25) is 0 Å². The molecule has 1 fully saturated rings. The third-order valence-corrected chi connectivity index (χ3v) is 6.94. The van der Waals surface area contributed by atoms with Crippen molar-refractivity contribution in [1.82, 2.24) is 15.2 Å². The first-order chi connectivity index (χ1) is 17.2. The third-order valence-electron chi connectivity index (χ3n) is 6.94. The van der Waals surface area contributed by atoms with Gasteiger partial charge in [-0.05, 0) is 86.9 Å². The first kappa shape index (κ1) is 25.9. The number of aromatic nitrogens is 1. The molecule has 3 N–H and O–H groups in total. The van der Waals surface area contributed by atoms with Gasteiger partial charge in [0.1, 0.15) is 11.9 Å². The Morgan fingerprint density at radius 2 is 1.97 bits per heavy atom. The van der Waals surface area contributed by atoms with E-state index in [-0.39, 0.29) is 12.0 Å². The van der Waals surface area contributed by atoms with E-state index in [1.807, 2.05) is 0 Å². The molecule has 0 spiro atoms. The van der Waals surface area contributed by atoms with Crippen molar-refractivity contribution in [3.05, 3.63) is 58.8 Å². The largest absolute Gasteiger partial charge is 0.480 e. The van der Waals surface area contributed by atoms with E-state index in [9.17, 15) is 27.9 Å². The monoisotopic (exact) mass is 504 g/mol. The summed E-state index contributed by atoms with van der Waals surface area (Å²) < 4.78 is 38.2. The van der Waals surface area contributed by atoms with Crippen molar-refractivity contribution < 1.29 is 27.9 Å². The van der Waals surface area contributed by atoms with Crippen LogP contribution in [0.1, 0.15) is 52.9 Å². The predicted octanol–water partition coefficient (Wildman–Crippen LogP) is 3.99. The van der Waals surface area contributed by atoms with Gasteiger partial charge in [0.2, 0.25) is 0 Å². The molecule has 1 amide bonds. The third kappa shape index (κ3) is 6.75. The lowest BCUT2D eigenvalue weighted by Gasteiger charge is -2.20. The first-order valence-electron chi connectivity index (χ1n) is 12.3. The Labute approximate surface area is 208 Å². The molecule has 7 nitrogen and oxygen atoms in total. The summed E-state index contributed by atoms with van der Waals surface area (Å²) >= 11 is 0. The van der Waals surface area contributed by atoms with Gasteiger partial charge in [0, 0.05) is 30.9 Å². The van der Waals surface area contributed by atoms with Crippen molar-refractivity contribution >= 4 is 17.7 Å². The molecule has 36 heavy (non-hydrogen) atoms. The van der Waals surface area contributed by atoms with Crippen molar-refractivity contribution in [3.63, 3.8) is 0 Å². The van der Waals surface area contributed by atoms with Crippen LogP contribution in [0.4, 0.5) is 19.0 Å². The molecule has 0 bridgehead atoms. The highest BCUT2D eigenvalue weighted by atomic mass is 19.4. The van der Waals surface area contributed by atoms with Crippen LogP contribution in [0.25, 0.3) is 0 Å². The van der Waals surface area contributed by atoms with Gasteiger partial charge in [0.15, 0.2) is 0 Å². The Hall–Kier alpha value is -3.14. The fourth-order valence-electron chi connectivity index (χ4n) is 4.83. The van der Waals surface area contributed by atoms with E-state index in [1.165, 1.54) is 5.56 Å². The van der Waals surface area contributed by atoms with E-state index in [4.69, 9.17) is 4.98 Å². The Balaban J connectivity index is 1.23. The lowest BCUT2D eigenvalue weighted by Crippen LogP contribution is -2.43. The Kier molecular flexibility index (Phi) is 8.13. The van der Waals surface area contributed by atoms with Crippen LogP contribution in [-0.2, 0) is 23.8 Å². The minimum Gasteiger partial charge on any atom is -0.480 e. The number of benzene rings is 1. The molecule has 0 saturated carbocycles. The number of anilines is 1. The topological polar surface area (TPSA) is 94.6 Å².